The fourth-order valence-electron chi connectivity index (χ4n) is 2.42. The number of hydrogen-bond acceptors (Lipinski definition) is 6. The van der Waals surface area contributed by atoms with Crippen LogP contribution in [0, 0.1) is 0 Å². The van der Waals surface area contributed by atoms with Crippen molar-refractivity contribution in [2.24, 2.45) is 0 Å². The fourth-order valence-corrected chi connectivity index (χ4v) is 4.51. The maximum atomic E-state index is 12.5. The van der Waals surface area contributed by atoms with Gasteiger partial charge >= 0.3 is 6.36 Å². The molecule has 1 heterocycles. The van der Waals surface area contributed by atoms with Crippen LogP contribution in [0.5, 0.6) is 5.75 Å². The second-order valence-corrected chi connectivity index (χ2v) is 9.51. The zero-order valence-corrected chi connectivity index (χ0v) is 17.1. The summed E-state index contributed by atoms with van der Waals surface area (Å²) in [6.45, 7) is -0.0996. The van der Waals surface area contributed by atoms with Crippen molar-refractivity contribution in [1.82, 2.24) is 4.72 Å². The van der Waals surface area contributed by atoms with Crippen LogP contribution in [0.3, 0.4) is 0 Å². The molecule has 166 valence electrons. The van der Waals surface area contributed by atoms with Crippen LogP contribution in [-0.2, 0) is 26.6 Å². The molecule has 0 unspecified atom stereocenters. The predicted octanol–water partition coefficient (Wildman–Crippen LogP) is 3.46. The predicted molar refractivity (Wildman–Crippen MR) is 103 cm³/mol. The van der Waals surface area contributed by atoms with Gasteiger partial charge in [0.25, 0.3) is 10.0 Å². The van der Waals surface area contributed by atoms with E-state index in [2.05, 4.69) is 14.2 Å². The number of anilines is 1. The van der Waals surface area contributed by atoms with E-state index in [0.717, 1.165) is 30.3 Å². The number of furan rings is 1. The number of benzene rings is 2. The molecule has 31 heavy (non-hydrogen) atoms. The Morgan fingerprint density at radius 1 is 0.871 bits per heavy atom. The van der Waals surface area contributed by atoms with E-state index in [1.807, 2.05) is 0 Å². The minimum atomic E-state index is -4.91. The number of sulfonamides is 2. The molecule has 0 aliphatic heterocycles. The molecule has 0 aliphatic rings. The van der Waals surface area contributed by atoms with Crippen molar-refractivity contribution in [3.05, 3.63) is 72.7 Å². The van der Waals surface area contributed by atoms with E-state index in [4.69, 9.17) is 4.42 Å². The van der Waals surface area contributed by atoms with E-state index >= 15 is 0 Å². The van der Waals surface area contributed by atoms with E-state index in [9.17, 15) is 30.0 Å². The second kappa shape index (κ2) is 8.61. The smallest absolute Gasteiger partial charge is 0.468 e. The summed E-state index contributed by atoms with van der Waals surface area (Å²) in [4.78, 5) is -0.542. The molecule has 8 nitrogen and oxygen atoms in total. The molecule has 2 N–H and O–H groups in total. The number of rotatable bonds is 8. The lowest BCUT2D eigenvalue weighted by molar-refractivity contribution is -0.274. The molecule has 0 amide bonds. The van der Waals surface area contributed by atoms with Gasteiger partial charge in [-0.25, -0.2) is 21.6 Å². The van der Waals surface area contributed by atoms with Crippen LogP contribution >= 0.6 is 0 Å². The molecule has 2 aromatic carbocycles. The quantitative estimate of drug-likeness (QED) is 0.515. The molecular formula is C18H15F3N2O6S2. The van der Waals surface area contributed by atoms with Crippen LogP contribution < -0.4 is 14.2 Å². The first-order valence-electron chi connectivity index (χ1n) is 8.45. The maximum Gasteiger partial charge on any atom is 0.573 e. The van der Waals surface area contributed by atoms with E-state index in [-0.39, 0.29) is 22.0 Å². The Hall–Kier alpha value is -3.03. The minimum Gasteiger partial charge on any atom is -0.468 e. The van der Waals surface area contributed by atoms with Crippen LogP contribution in [0.25, 0.3) is 0 Å². The first-order chi connectivity index (χ1) is 14.4. The molecule has 0 bridgehead atoms. The van der Waals surface area contributed by atoms with Gasteiger partial charge in [-0.1, -0.05) is 6.07 Å². The Morgan fingerprint density at radius 3 is 2.19 bits per heavy atom. The monoisotopic (exact) mass is 476 g/mol. The number of nitrogens with one attached hydrogen (secondary N) is 2. The highest BCUT2D eigenvalue weighted by Gasteiger charge is 2.31. The van der Waals surface area contributed by atoms with E-state index in [0.29, 0.717) is 5.76 Å². The maximum absolute atomic E-state index is 12.5. The van der Waals surface area contributed by atoms with Gasteiger partial charge in [-0.05, 0) is 54.6 Å². The van der Waals surface area contributed by atoms with Crippen molar-refractivity contribution in [2.75, 3.05) is 4.72 Å². The Balaban J connectivity index is 1.75. The molecule has 13 heteroatoms. The van der Waals surface area contributed by atoms with Crippen molar-refractivity contribution in [2.45, 2.75) is 22.7 Å². The highest BCUT2D eigenvalue weighted by molar-refractivity contribution is 7.92. The van der Waals surface area contributed by atoms with Gasteiger partial charge in [0.05, 0.1) is 28.3 Å². The first-order valence-corrected chi connectivity index (χ1v) is 11.4. The standard InChI is InChI=1S/C18H15F3N2O6S2/c19-18(20,21)29-14-6-8-16(9-7-14)31(26,27)23-13-3-1-5-17(11-13)30(24,25)22-12-15-4-2-10-28-15/h1-11,22-23H,12H2. The first kappa shape index (κ1) is 22.7. The molecule has 0 radical (unpaired) electrons. The van der Waals surface area contributed by atoms with Gasteiger partial charge in [-0.3, -0.25) is 4.72 Å². The molecule has 0 atom stereocenters. The number of hydrogen-bond donors (Lipinski definition) is 2. The summed E-state index contributed by atoms with van der Waals surface area (Å²) in [7, 11) is -8.17. The Morgan fingerprint density at radius 2 is 1.58 bits per heavy atom. The van der Waals surface area contributed by atoms with Crippen LogP contribution in [0.4, 0.5) is 18.9 Å². The molecule has 0 saturated heterocycles. The zero-order chi connectivity index (χ0) is 22.7. The van der Waals surface area contributed by atoms with Crippen LogP contribution in [-0.4, -0.2) is 23.2 Å². The van der Waals surface area contributed by atoms with Crippen molar-refractivity contribution in [3.8, 4) is 5.75 Å². The van der Waals surface area contributed by atoms with Crippen molar-refractivity contribution in [3.63, 3.8) is 0 Å². The van der Waals surface area contributed by atoms with Gasteiger partial charge in [0, 0.05) is 0 Å². The lowest BCUT2D eigenvalue weighted by Crippen LogP contribution is -2.23. The topological polar surface area (TPSA) is 115 Å². The molecule has 1 aromatic heterocycles. The molecule has 3 aromatic rings. The third kappa shape index (κ3) is 6.23. The molecule has 0 aliphatic carbocycles. The Kier molecular flexibility index (Phi) is 6.29. The molecule has 0 spiro atoms. The van der Waals surface area contributed by atoms with Crippen LogP contribution in [0.2, 0.25) is 0 Å². The average Bonchev–Trinajstić information content (AvgIpc) is 3.19. The zero-order valence-electron chi connectivity index (χ0n) is 15.5. The van der Waals surface area contributed by atoms with Gasteiger partial charge in [0.2, 0.25) is 10.0 Å². The SMILES string of the molecule is O=S(=O)(NCc1ccco1)c1cccc(NS(=O)(=O)c2ccc(OC(F)(F)F)cc2)c1. The van der Waals surface area contributed by atoms with E-state index in [1.165, 1.54) is 24.5 Å². The largest absolute Gasteiger partial charge is 0.573 e. The number of alkyl halides is 3. The van der Waals surface area contributed by atoms with Gasteiger partial charge in [-0.2, -0.15) is 0 Å². The van der Waals surface area contributed by atoms with Crippen LogP contribution in [0.15, 0.2) is 81.1 Å². The van der Waals surface area contributed by atoms with Gasteiger partial charge in [0.1, 0.15) is 11.5 Å². The van der Waals surface area contributed by atoms with Gasteiger partial charge in [0.15, 0.2) is 0 Å². The number of ether oxygens (including phenoxy) is 1. The van der Waals surface area contributed by atoms with Crippen molar-refractivity contribution >= 4 is 25.7 Å². The Bertz CT molecular complexity index is 1240. The fraction of sp³-hybridized carbons (Fsp3) is 0.111. The normalized spacial score (nSPS) is 12.5. The lowest BCUT2D eigenvalue weighted by Gasteiger charge is -2.12. The summed E-state index contributed by atoms with van der Waals surface area (Å²) < 4.78 is 99.7. The molecule has 0 fully saturated rings. The summed E-state index contributed by atoms with van der Waals surface area (Å²) in [5.41, 5.74) is -0.0588. The summed E-state index contributed by atoms with van der Waals surface area (Å²) in [5, 5.41) is 0. The van der Waals surface area contributed by atoms with E-state index in [1.54, 1.807) is 12.1 Å². The summed E-state index contributed by atoms with van der Waals surface area (Å²) in [5.74, 6) is -0.194. The molecular weight excluding hydrogens is 461 g/mol. The average molecular weight is 476 g/mol. The third-order valence-corrected chi connectivity index (χ3v) is 6.58. The Labute approximate surface area is 175 Å². The lowest BCUT2D eigenvalue weighted by atomic mass is 10.3. The highest BCUT2D eigenvalue weighted by Crippen LogP contribution is 2.25. The van der Waals surface area contributed by atoms with Gasteiger partial charge in [-0.15, -0.1) is 13.2 Å². The van der Waals surface area contributed by atoms with Crippen molar-refractivity contribution in [1.29, 1.82) is 0 Å². The van der Waals surface area contributed by atoms with Gasteiger partial charge < -0.3 is 9.15 Å². The molecule has 0 saturated carbocycles. The molecule has 3 rings (SSSR count). The number of halogens is 3. The minimum absolute atomic E-state index is 0.0588. The summed E-state index contributed by atoms with van der Waals surface area (Å²) in [6.07, 6.45) is -3.52. The summed E-state index contributed by atoms with van der Waals surface area (Å²) in [6, 6.07) is 11.8. The second-order valence-electron chi connectivity index (χ2n) is 6.06. The van der Waals surface area contributed by atoms with Crippen LogP contribution in [0.1, 0.15) is 5.76 Å². The van der Waals surface area contributed by atoms with E-state index < -0.39 is 32.2 Å². The summed E-state index contributed by atoms with van der Waals surface area (Å²) >= 11 is 0. The highest BCUT2D eigenvalue weighted by atomic mass is 32.2. The van der Waals surface area contributed by atoms with Crippen molar-refractivity contribution < 1.29 is 39.2 Å². The third-order valence-electron chi connectivity index (χ3n) is 3.78.